The number of aromatic nitrogens is 2. The maximum Gasteiger partial charge on any atom is 0.306 e. The van der Waals surface area contributed by atoms with Gasteiger partial charge in [0.1, 0.15) is 12.7 Å². The topological polar surface area (TPSA) is 113 Å². The van der Waals surface area contributed by atoms with Gasteiger partial charge < -0.3 is 18.9 Å². The fourth-order valence-electron chi connectivity index (χ4n) is 5.14. The van der Waals surface area contributed by atoms with Gasteiger partial charge in [-0.25, -0.2) is 0 Å². The number of rotatable bonds is 21. The Morgan fingerprint density at radius 1 is 0.902 bits per heavy atom. The molecule has 1 saturated heterocycles. The molecule has 4 atom stereocenters. The number of carbonyl (C=O) groups excluding carboxylic acids is 2. The molecule has 2 aliphatic rings. The molecule has 1 N–H and O–H groups in total. The molecule has 0 saturated carbocycles. The smallest absolute Gasteiger partial charge is 0.306 e. The zero-order valence-corrected chi connectivity index (χ0v) is 25.1. The summed E-state index contributed by atoms with van der Waals surface area (Å²) in [6.07, 6.45) is 18.5. The second-order valence-electron chi connectivity index (χ2n) is 10.7. The van der Waals surface area contributed by atoms with Crippen LogP contribution in [0.2, 0.25) is 0 Å². The molecule has 1 fully saturated rings. The zero-order chi connectivity index (χ0) is 28.6. The van der Waals surface area contributed by atoms with Crippen molar-refractivity contribution in [1.29, 1.82) is 5.41 Å². The Bertz CT molecular complexity index is 1020. The van der Waals surface area contributed by atoms with Crippen LogP contribution in [0.4, 0.5) is 0 Å². The van der Waals surface area contributed by atoms with Crippen molar-refractivity contribution in [3.63, 3.8) is 0 Å². The van der Waals surface area contributed by atoms with E-state index in [-0.39, 0.29) is 42.5 Å². The number of esters is 2. The van der Waals surface area contributed by atoms with Gasteiger partial charge in [0.25, 0.3) is 0 Å². The molecule has 0 radical (unpaired) electrons. The van der Waals surface area contributed by atoms with Crippen molar-refractivity contribution in [2.24, 2.45) is 0 Å². The Morgan fingerprint density at radius 3 is 2.07 bits per heavy atom. The molecule has 0 unspecified atom stereocenters. The molecule has 230 valence electrons. The molecule has 0 aromatic carbocycles. The quantitative estimate of drug-likeness (QED) is 0.0981. The van der Waals surface area contributed by atoms with Crippen molar-refractivity contribution in [1.82, 2.24) is 9.55 Å². The summed E-state index contributed by atoms with van der Waals surface area (Å²) < 4.78 is 25.2. The van der Waals surface area contributed by atoms with Crippen molar-refractivity contribution in [2.75, 3.05) is 6.61 Å². The first kappa shape index (κ1) is 34.6. The summed E-state index contributed by atoms with van der Waals surface area (Å²) in [6.45, 7) is 7.48. The number of nitrogens with one attached hydrogen (secondary N) is 1. The van der Waals surface area contributed by atoms with Crippen molar-refractivity contribution in [3.05, 3.63) is 43.1 Å². The lowest BCUT2D eigenvalue weighted by atomic mass is 10.1. The van der Waals surface area contributed by atoms with Gasteiger partial charge in [0, 0.05) is 19.0 Å². The van der Waals surface area contributed by atoms with Gasteiger partial charge in [-0.15, -0.1) is 25.6 Å². The second-order valence-corrected chi connectivity index (χ2v) is 10.7. The Balaban J connectivity index is 0.00000588. The first-order valence-corrected chi connectivity index (χ1v) is 15.1. The van der Waals surface area contributed by atoms with Crippen LogP contribution in [-0.4, -0.2) is 46.4 Å². The molecular weight excluding hydrogens is 546 g/mol. The van der Waals surface area contributed by atoms with E-state index >= 15 is 0 Å². The molecule has 0 aliphatic carbocycles. The molecule has 3 heterocycles. The van der Waals surface area contributed by atoms with Gasteiger partial charge in [0.2, 0.25) is 0 Å². The molecule has 1 aromatic rings. The Hall–Kier alpha value is -2.65. The third kappa shape index (κ3) is 11.6. The third-order valence-electron chi connectivity index (χ3n) is 7.39. The van der Waals surface area contributed by atoms with Gasteiger partial charge >= 0.3 is 17.9 Å². The van der Waals surface area contributed by atoms with E-state index in [0.29, 0.717) is 12.8 Å². The van der Waals surface area contributed by atoms with E-state index in [4.69, 9.17) is 24.4 Å². The van der Waals surface area contributed by atoms with Crippen LogP contribution in [0.1, 0.15) is 109 Å². The van der Waals surface area contributed by atoms with E-state index in [1.54, 1.807) is 16.8 Å². The summed E-state index contributed by atoms with van der Waals surface area (Å²) in [5, 5.41) is 7.77. The Labute approximate surface area is 250 Å². The molecule has 0 spiro atoms. The van der Waals surface area contributed by atoms with Gasteiger partial charge in [0.15, 0.2) is 23.9 Å². The number of allylic oxidation sites excluding steroid dienone is 2. The van der Waals surface area contributed by atoms with Crippen LogP contribution in [-0.2, 0) is 23.8 Å². The molecule has 41 heavy (non-hydrogen) atoms. The minimum absolute atomic E-state index is 0. The normalized spacial score (nSPS) is 20.3. The van der Waals surface area contributed by atoms with Crippen LogP contribution in [0, 0.1) is 5.41 Å². The third-order valence-corrected chi connectivity index (χ3v) is 7.39. The summed E-state index contributed by atoms with van der Waals surface area (Å²) in [5.41, 5.74) is 0.0755. The maximum absolute atomic E-state index is 12.7. The van der Waals surface area contributed by atoms with Gasteiger partial charge in [0.05, 0.1) is 0 Å². The SMILES string of the molecule is C=CCCCCCCCCC(=O)OC[C@H]1O[C@@H]2[C@H](Oc3nc(=N)ccn32)[C@@H]1OC(=O)CCCCCCCCC=C.Cl. The first-order valence-electron chi connectivity index (χ1n) is 15.1. The Morgan fingerprint density at radius 2 is 1.46 bits per heavy atom. The molecule has 0 amide bonds. The van der Waals surface area contributed by atoms with Crippen LogP contribution in [0.25, 0.3) is 0 Å². The fourth-order valence-corrected chi connectivity index (χ4v) is 5.14. The van der Waals surface area contributed by atoms with Crippen LogP contribution >= 0.6 is 12.4 Å². The van der Waals surface area contributed by atoms with Crippen LogP contribution in [0.5, 0.6) is 6.01 Å². The molecule has 10 heteroatoms. The van der Waals surface area contributed by atoms with Gasteiger partial charge in [-0.2, -0.15) is 4.98 Å². The summed E-state index contributed by atoms with van der Waals surface area (Å²) in [4.78, 5) is 29.3. The molecule has 9 nitrogen and oxygen atoms in total. The maximum atomic E-state index is 12.7. The van der Waals surface area contributed by atoms with Crippen LogP contribution in [0.3, 0.4) is 0 Å². The lowest BCUT2D eigenvalue weighted by Gasteiger charge is -2.22. The number of hydrogen-bond donors (Lipinski definition) is 1. The van der Waals surface area contributed by atoms with Crippen LogP contribution in [0.15, 0.2) is 37.6 Å². The second kappa shape index (κ2) is 19.5. The highest BCUT2D eigenvalue weighted by Crippen LogP contribution is 2.40. The largest absolute Gasteiger partial charge is 0.463 e. The van der Waals surface area contributed by atoms with Gasteiger partial charge in [-0.1, -0.05) is 63.5 Å². The minimum Gasteiger partial charge on any atom is -0.463 e. The summed E-state index contributed by atoms with van der Waals surface area (Å²) in [6, 6.07) is 1.80. The number of nitrogens with zero attached hydrogens (tertiary/aromatic N) is 2. The average Bonchev–Trinajstić information content (AvgIpc) is 3.45. The average molecular weight is 594 g/mol. The summed E-state index contributed by atoms with van der Waals surface area (Å²) in [7, 11) is 0. The van der Waals surface area contributed by atoms with E-state index in [9.17, 15) is 9.59 Å². The highest BCUT2D eigenvalue weighted by molar-refractivity contribution is 5.85. The van der Waals surface area contributed by atoms with Crippen molar-refractivity contribution in [3.8, 4) is 6.01 Å². The predicted octanol–water partition coefficient (Wildman–Crippen LogP) is 6.51. The standard InChI is InChI=1S/C31H47N3O6.ClH/c1-3-5-7-9-11-13-15-17-19-26(35)37-23-24-28(39-27(36)20-18-16-14-12-10-8-6-4-2)29-30(38-24)34-22-21-25(32)33-31(34)40-29;/h3-4,21-22,24,28-30,32H,1-2,5-20,23H2;1H/t24-,28-,29-,30-;/m1./s1. The van der Waals surface area contributed by atoms with E-state index in [1.807, 2.05) is 12.2 Å². The van der Waals surface area contributed by atoms with E-state index < -0.39 is 24.5 Å². The summed E-state index contributed by atoms with van der Waals surface area (Å²) >= 11 is 0. The number of carbonyl (C=O) groups is 2. The lowest BCUT2D eigenvalue weighted by molar-refractivity contribution is -0.160. The fraction of sp³-hybridized carbons (Fsp3) is 0.677. The number of ether oxygens (including phenoxy) is 4. The number of hydrogen-bond acceptors (Lipinski definition) is 8. The minimum atomic E-state index is -0.740. The first-order chi connectivity index (χ1) is 19.5. The number of unbranched alkanes of at least 4 members (excludes halogenated alkanes) is 12. The highest BCUT2D eigenvalue weighted by atomic mass is 35.5. The molecule has 1 aromatic heterocycles. The molecule has 0 bridgehead atoms. The summed E-state index contributed by atoms with van der Waals surface area (Å²) in [5.74, 6) is -0.594. The number of fused-ring (bicyclic) bond motifs is 3. The molecule has 2 aliphatic heterocycles. The van der Waals surface area contributed by atoms with Crippen molar-refractivity contribution in [2.45, 2.75) is 127 Å². The van der Waals surface area contributed by atoms with E-state index in [0.717, 1.165) is 64.2 Å². The van der Waals surface area contributed by atoms with Crippen LogP contribution < -0.4 is 10.2 Å². The monoisotopic (exact) mass is 593 g/mol. The van der Waals surface area contributed by atoms with Crippen molar-refractivity contribution >= 4 is 24.3 Å². The number of halogens is 1. The highest BCUT2D eigenvalue weighted by Gasteiger charge is 2.54. The lowest BCUT2D eigenvalue weighted by Crippen LogP contribution is -2.40. The van der Waals surface area contributed by atoms with E-state index in [2.05, 4.69) is 18.1 Å². The predicted molar refractivity (Wildman–Crippen MR) is 159 cm³/mol. The molecule has 3 rings (SSSR count). The van der Waals surface area contributed by atoms with Crippen molar-refractivity contribution < 1.29 is 28.5 Å². The Kier molecular flexibility index (Phi) is 16.4. The van der Waals surface area contributed by atoms with Gasteiger partial charge in [-0.05, 0) is 44.6 Å². The van der Waals surface area contributed by atoms with E-state index in [1.165, 1.54) is 25.7 Å². The zero-order valence-electron chi connectivity index (χ0n) is 24.3. The van der Waals surface area contributed by atoms with Gasteiger partial charge in [-0.3, -0.25) is 19.6 Å². The molecular formula is C31H48ClN3O6.